The molecule has 1 fully saturated rings. The maximum absolute atomic E-state index is 12.4. The summed E-state index contributed by atoms with van der Waals surface area (Å²) >= 11 is 5.70. The Kier molecular flexibility index (Phi) is 4.68. The van der Waals surface area contributed by atoms with Gasteiger partial charge < -0.3 is 18.7 Å². The molecular formula is C15H19ClN4O3. The second-order valence-corrected chi connectivity index (χ2v) is 6.05. The largest absolute Gasteiger partial charge is 0.367 e. The molecule has 1 atom stereocenters. The maximum atomic E-state index is 12.4. The second kappa shape index (κ2) is 6.72. The number of hydrogen-bond acceptors (Lipinski definition) is 5. The topological polar surface area (TPSA) is 73.4 Å². The predicted molar refractivity (Wildman–Crippen MR) is 83.1 cm³/mol. The van der Waals surface area contributed by atoms with Gasteiger partial charge in [-0.1, -0.05) is 16.8 Å². The van der Waals surface area contributed by atoms with Crippen LogP contribution in [0.2, 0.25) is 5.15 Å². The number of aryl methyl sites for hydroxylation is 3. The Morgan fingerprint density at radius 2 is 2.35 bits per heavy atom. The molecular weight excluding hydrogens is 320 g/mol. The van der Waals surface area contributed by atoms with Gasteiger partial charge >= 0.3 is 0 Å². The smallest absolute Gasteiger partial charge is 0.223 e. The fraction of sp³-hybridized carbons (Fsp3) is 0.533. The molecule has 0 N–H and O–H groups in total. The molecule has 124 valence electrons. The van der Waals surface area contributed by atoms with Crippen LogP contribution >= 0.6 is 11.6 Å². The van der Waals surface area contributed by atoms with Crippen molar-refractivity contribution < 1.29 is 14.1 Å². The molecule has 0 saturated carbocycles. The highest BCUT2D eigenvalue weighted by molar-refractivity contribution is 6.29. The van der Waals surface area contributed by atoms with Crippen LogP contribution in [-0.4, -0.2) is 45.2 Å². The quantitative estimate of drug-likeness (QED) is 0.851. The molecule has 23 heavy (non-hydrogen) atoms. The van der Waals surface area contributed by atoms with E-state index in [1.165, 1.54) is 0 Å². The molecule has 3 heterocycles. The fourth-order valence-electron chi connectivity index (χ4n) is 2.76. The van der Waals surface area contributed by atoms with E-state index >= 15 is 0 Å². The molecule has 3 rings (SSSR count). The van der Waals surface area contributed by atoms with Gasteiger partial charge in [0.2, 0.25) is 5.91 Å². The fourth-order valence-corrected chi connectivity index (χ4v) is 2.92. The van der Waals surface area contributed by atoms with Gasteiger partial charge in [-0.05, 0) is 6.92 Å². The van der Waals surface area contributed by atoms with Crippen molar-refractivity contribution >= 4 is 17.5 Å². The van der Waals surface area contributed by atoms with Gasteiger partial charge in [-0.3, -0.25) is 4.79 Å². The number of morpholine rings is 1. The van der Waals surface area contributed by atoms with Crippen molar-refractivity contribution in [2.45, 2.75) is 25.9 Å². The summed E-state index contributed by atoms with van der Waals surface area (Å²) < 4.78 is 12.8. The molecule has 1 saturated heterocycles. The summed E-state index contributed by atoms with van der Waals surface area (Å²) in [5.41, 5.74) is 0.941. The number of aromatic nitrogens is 3. The van der Waals surface area contributed by atoms with E-state index in [9.17, 15) is 4.79 Å². The Morgan fingerprint density at radius 1 is 1.52 bits per heavy atom. The van der Waals surface area contributed by atoms with E-state index in [2.05, 4.69) is 10.1 Å². The molecule has 8 heteroatoms. The molecule has 0 radical (unpaired) electrons. The van der Waals surface area contributed by atoms with Gasteiger partial charge in [0.1, 0.15) is 17.7 Å². The molecule has 0 spiro atoms. The number of hydrogen-bond donors (Lipinski definition) is 0. The third kappa shape index (κ3) is 3.73. The van der Waals surface area contributed by atoms with Crippen molar-refractivity contribution in [3.8, 4) is 0 Å². The van der Waals surface area contributed by atoms with Gasteiger partial charge in [-0.25, -0.2) is 4.98 Å². The Labute approximate surface area is 139 Å². The lowest BCUT2D eigenvalue weighted by atomic mass is 10.2. The van der Waals surface area contributed by atoms with E-state index in [1.807, 2.05) is 29.6 Å². The summed E-state index contributed by atoms with van der Waals surface area (Å²) in [6.07, 6.45) is 2.61. The first-order valence-corrected chi connectivity index (χ1v) is 7.91. The molecule has 0 bridgehead atoms. The molecule has 0 unspecified atom stereocenters. The zero-order valence-electron chi connectivity index (χ0n) is 13.2. The zero-order chi connectivity index (χ0) is 16.4. The minimum absolute atomic E-state index is 0.0664. The zero-order valence-corrected chi connectivity index (χ0v) is 13.9. The molecule has 1 amide bonds. The van der Waals surface area contributed by atoms with E-state index in [0.29, 0.717) is 43.5 Å². The van der Waals surface area contributed by atoms with Crippen LogP contribution in [0.5, 0.6) is 0 Å². The molecule has 2 aromatic rings. The average molecular weight is 339 g/mol. The van der Waals surface area contributed by atoms with E-state index in [4.69, 9.17) is 20.9 Å². The molecule has 1 aliphatic heterocycles. The Hall–Kier alpha value is -1.86. The first kappa shape index (κ1) is 16.0. The summed E-state index contributed by atoms with van der Waals surface area (Å²) in [5, 5.41) is 3.91. The highest BCUT2D eigenvalue weighted by Gasteiger charge is 2.28. The van der Waals surface area contributed by atoms with E-state index in [0.717, 1.165) is 11.5 Å². The third-order valence-electron chi connectivity index (χ3n) is 3.86. The van der Waals surface area contributed by atoms with Gasteiger partial charge in [0.25, 0.3) is 0 Å². The molecule has 1 aliphatic rings. The van der Waals surface area contributed by atoms with Crippen LogP contribution in [0.4, 0.5) is 0 Å². The second-order valence-electron chi connectivity index (χ2n) is 5.67. The van der Waals surface area contributed by atoms with Crippen molar-refractivity contribution in [1.29, 1.82) is 0 Å². The number of nitrogens with zero attached hydrogens (tertiary/aromatic N) is 4. The molecule has 2 aromatic heterocycles. The number of carbonyl (C=O) groups is 1. The van der Waals surface area contributed by atoms with Gasteiger partial charge in [0.05, 0.1) is 18.8 Å². The monoisotopic (exact) mass is 338 g/mol. The number of imidazole rings is 1. The van der Waals surface area contributed by atoms with Crippen LogP contribution in [0.15, 0.2) is 16.8 Å². The van der Waals surface area contributed by atoms with Crippen LogP contribution in [0.1, 0.15) is 29.8 Å². The van der Waals surface area contributed by atoms with Crippen molar-refractivity contribution in [3.05, 3.63) is 34.7 Å². The standard InChI is InChI=1S/C15H19ClN4O3/c1-10-8-19(2)15(17-10)12-9-20(5-6-22-12)14(21)4-3-11-7-13(16)18-23-11/h7-8,12H,3-6,9H2,1-2H3/t12-/m1/s1. The first-order chi connectivity index (χ1) is 11.0. The number of ether oxygens (including phenoxy) is 1. The van der Waals surface area contributed by atoms with Crippen molar-refractivity contribution in [1.82, 2.24) is 19.6 Å². The Balaban J connectivity index is 1.59. The van der Waals surface area contributed by atoms with Crippen molar-refractivity contribution in [3.63, 3.8) is 0 Å². The summed E-state index contributed by atoms with van der Waals surface area (Å²) in [7, 11) is 1.94. The lowest BCUT2D eigenvalue weighted by molar-refractivity contribution is -0.139. The summed E-state index contributed by atoms with van der Waals surface area (Å²) in [6.45, 7) is 3.56. The Morgan fingerprint density at radius 3 is 3.00 bits per heavy atom. The van der Waals surface area contributed by atoms with Crippen LogP contribution in [0.3, 0.4) is 0 Å². The van der Waals surface area contributed by atoms with Crippen molar-refractivity contribution in [2.24, 2.45) is 7.05 Å². The van der Waals surface area contributed by atoms with Crippen LogP contribution in [0.25, 0.3) is 0 Å². The van der Waals surface area contributed by atoms with Gasteiger partial charge in [-0.15, -0.1) is 0 Å². The van der Waals surface area contributed by atoms with Gasteiger partial charge in [0, 0.05) is 38.7 Å². The summed E-state index contributed by atoms with van der Waals surface area (Å²) in [6, 6.07) is 1.63. The van der Waals surface area contributed by atoms with Crippen LogP contribution < -0.4 is 0 Å². The highest BCUT2D eigenvalue weighted by Crippen LogP contribution is 2.22. The molecule has 0 aliphatic carbocycles. The highest BCUT2D eigenvalue weighted by atomic mass is 35.5. The van der Waals surface area contributed by atoms with Crippen LogP contribution in [0, 0.1) is 6.92 Å². The number of rotatable bonds is 4. The number of amides is 1. The minimum Gasteiger partial charge on any atom is -0.367 e. The number of halogens is 1. The van der Waals surface area contributed by atoms with E-state index < -0.39 is 0 Å². The lowest BCUT2D eigenvalue weighted by Crippen LogP contribution is -2.42. The third-order valence-corrected chi connectivity index (χ3v) is 4.03. The normalized spacial score (nSPS) is 18.4. The molecule has 7 nitrogen and oxygen atoms in total. The van der Waals surface area contributed by atoms with Crippen LogP contribution in [-0.2, 0) is 23.0 Å². The molecule has 0 aromatic carbocycles. The first-order valence-electron chi connectivity index (χ1n) is 7.53. The lowest BCUT2D eigenvalue weighted by Gasteiger charge is -2.32. The SMILES string of the molecule is Cc1cn(C)c([C@H]2CN(C(=O)CCc3cc(Cl)no3)CCO2)n1. The van der Waals surface area contributed by atoms with Gasteiger partial charge in [0.15, 0.2) is 5.15 Å². The number of carbonyl (C=O) groups excluding carboxylic acids is 1. The van der Waals surface area contributed by atoms with Gasteiger partial charge in [-0.2, -0.15) is 0 Å². The summed E-state index contributed by atoms with van der Waals surface area (Å²) in [4.78, 5) is 18.7. The van der Waals surface area contributed by atoms with Crippen molar-refractivity contribution in [2.75, 3.05) is 19.7 Å². The average Bonchev–Trinajstić information content (AvgIpc) is 3.10. The maximum Gasteiger partial charge on any atom is 0.223 e. The predicted octanol–water partition coefficient (Wildman–Crippen LogP) is 1.90. The Bertz CT molecular complexity index is 697. The van der Waals surface area contributed by atoms with E-state index in [1.54, 1.807) is 6.07 Å². The summed E-state index contributed by atoms with van der Waals surface area (Å²) in [5.74, 6) is 1.53. The minimum atomic E-state index is -0.189. The van der Waals surface area contributed by atoms with E-state index in [-0.39, 0.29) is 12.0 Å².